The molecule has 0 amide bonds. The Hall–Kier alpha value is -1.80. The second-order valence-electron chi connectivity index (χ2n) is 6.00. The Morgan fingerprint density at radius 2 is 1.44 bits per heavy atom. The smallest absolute Gasteiger partial charge is 0.0991 e. The lowest BCUT2D eigenvalue weighted by Crippen LogP contribution is -1.92. The molecule has 0 aliphatic rings. The van der Waals surface area contributed by atoms with Gasteiger partial charge in [-0.3, -0.25) is 0 Å². The number of benzene rings is 3. The molecule has 0 heterocycles. The minimum atomic E-state index is 0.248. The lowest BCUT2D eigenvalue weighted by Gasteiger charge is -2.14. The van der Waals surface area contributed by atoms with E-state index in [1.807, 2.05) is 36.0 Å². The molecule has 3 aromatic carbocycles. The molecule has 0 saturated carbocycles. The van der Waals surface area contributed by atoms with Crippen molar-refractivity contribution < 1.29 is 0 Å². The van der Waals surface area contributed by atoms with Gasteiger partial charge in [-0.2, -0.15) is 5.26 Å². The van der Waals surface area contributed by atoms with Crippen molar-refractivity contribution in [1.82, 2.24) is 0 Å². The molecule has 1 atom stereocenters. The molecule has 27 heavy (non-hydrogen) atoms. The third kappa shape index (κ3) is 6.10. The molecular formula is C23H17Br2NS. The van der Waals surface area contributed by atoms with E-state index in [-0.39, 0.29) is 5.25 Å². The number of nitriles is 1. The molecule has 3 aromatic rings. The van der Waals surface area contributed by atoms with E-state index in [4.69, 9.17) is 5.26 Å². The second kappa shape index (κ2) is 9.94. The van der Waals surface area contributed by atoms with Crippen LogP contribution >= 0.6 is 43.6 Å². The van der Waals surface area contributed by atoms with Crippen molar-refractivity contribution in [2.45, 2.75) is 11.0 Å². The Balaban J connectivity index is 1.77. The Morgan fingerprint density at radius 3 is 2.04 bits per heavy atom. The van der Waals surface area contributed by atoms with Crippen LogP contribution in [0.3, 0.4) is 0 Å². The molecule has 0 bridgehead atoms. The molecule has 1 nitrogen and oxygen atoms in total. The van der Waals surface area contributed by atoms with Gasteiger partial charge in [-0.25, -0.2) is 0 Å². The Bertz CT molecular complexity index is 940. The van der Waals surface area contributed by atoms with E-state index in [1.54, 1.807) is 0 Å². The molecule has 1 unspecified atom stereocenters. The highest BCUT2D eigenvalue weighted by Gasteiger charge is 2.09. The van der Waals surface area contributed by atoms with Crippen molar-refractivity contribution in [2.24, 2.45) is 0 Å². The van der Waals surface area contributed by atoms with Crippen molar-refractivity contribution in [2.75, 3.05) is 0 Å². The van der Waals surface area contributed by atoms with Gasteiger partial charge in [-0.1, -0.05) is 80.4 Å². The predicted octanol–water partition coefficient (Wildman–Crippen LogP) is 7.77. The van der Waals surface area contributed by atoms with Crippen LogP contribution in [0.15, 0.2) is 87.8 Å². The van der Waals surface area contributed by atoms with Crippen LogP contribution in [0.5, 0.6) is 0 Å². The van der Waals surface area contributed by atoms with E-state index in [9.17, 15) is 0 Å². The summed E-state index contributed by atoms with van der Waals surface area (Å²) in [5.74, 6) is 0.886. The first-order valence-corrected chi connectivity index (χ1v) is 11.1. The summed E-state index contributed by atoms with van der Waals surface area (Å²) in [6.07, 6.45) is 4.42. The van der Waals surface area contributed by atoms with Crippen molar-refractivity contribution >= 4 is 49.7 Å². The van der Waals surface area contributed by atoms with Gasteiger partial charge in [0.05, 0.1) is 11.6 Å². The summed E-state index contributed by atoms with van der Waals surface area (Å²) < 4.78 is 2.17. The topological polar surface area (TPSA) is 23.8 Å². The van der Waals surface area contributed by atoms with E-state index >= 15 is 0 Å². The molecule has 0 saturated heterocycles. The number of hydrogen-bond acceptors (Lipinski definition) is 2. The maximum absolute atomic E-state index is 8.94. The van der Waals surface area contributed by atoms with Crippen LogP contribution < -0.4 is 0 Å². The van der Waals surface area contributed by atoms with Crippen LogP contribution in [0, 0.1) is 11.3 Å². The Morgan fingerprint density at radius 1 is 0.852 bits per heavy atom. The molecule has 0 radical (unpaired) electrons. The first-order chi connectivity index (χ1) is 13.1. The fourth-order valence-corrected chi connectivity index (χ4v) is 4.18. The van der Waals surface area contributed by atoms with Crippen molar-refractivity contribution in [3.8, 4) is 6.07 Å². The lowest BCUT2D eigenvalue weighted by atomic mass is 10.1. The first kappa shape index (κ1) is 19.9. The highest BCUT2D eigenvalue weighted by Crippen LogP contribution is 2.34. The SMILES string of the molecule is N#Cc1ccc(CSC(/C=C/c2ccc(Br)cc2)c2ccc(Br)cc2)cc1. The number of hydrogen-bond donors (Lipinski definition) is 0. The monoisotopic (exact) mass is 497 g/mol. The zero-order valence-electron chi connectivity index (χ0n) is 14.5. The molecule has 0 spiro atoms. The van der Waals surface area contributed by atoms with Gasteiger partial charge in [0, 0.05) is 19.9 Å². The lowest BCUT2D eigenvalue weighted by molar-refractivity contribution is 1.22. The summed E-state index contributed by atoms with van der Waals surface area (Å²) >= 11 is 8.86. The van der Waals surface area contributed by atoms with Gasteiger partial charge in [-0.15, -0.1) is 11.8 Å². The van der Waals surface area contributed by atoms with Gasteiger partial charge < -0.3 is 0 Å². The third-order valence-electron chi connectivity index (χ3n) is 4.04. The fraction of sp³-hybridized carbons (Fsp3) is 0.0870. The van der Waals surface area contributed by atoms with Gasteiger partial charge in [0.1, 0.15) is 0 Å². The van der Waals surface area contributed by atoms with Crippen molar-refractivity contribution in [3.05, 3.63) is 110 Å². The van der Waals surface area contributed by atoms with Crippen LogP contribution in [-0.2, 0) is 5.75 Å². The standard InChI is InChI=1S/C23H17Br2NS/c24-21-10-5-17(6-11-21)7-14-23(20-8-12-22(25)13-9-20)27-16-19-3-1-18(15-26)2-4-19/h1-14,23H,16H2/b14-7+. The maximum atomic E-state index is 8.94. The van der Waals surface area contributed by atoms with Crippen LogP contribution in [0.4, 0.5) is 0 Å². The highest BCUT2D eigenvalue weighted by atomic mass is 79.9. The highest BCUT2D eigenvalue weighted by molar-refractivity contribution is 9.10. The predicted molar refractivity (Wildman–Crippen MR) is 123 cm³/mol. The minimum absolute atomic E-state index is 0.248. The maximum Gasteiger partial charge on any atom is 0.0991 e. The number of nitrogens with zero attached hydrogens (tertiary/aromatic N) is 1. The molecule has 0 aliphatic heterocycles. The van der Waals surface area contributed by atoms with Crippen LogP contribution in [0.1, 0.15) is 27.5 Å². The molecule has 0 aliphatic carbocycles. The average molecular weight is 499 g/mol. The quantitative estimate of drug-likeness (QED) is 0.346. The van der Waals surface area contributed by atoms with Gasteiger partial charge in [0.25, 0.3) is 0 Å². The summed E-state index contributed by atoms with van der Waals surface area (Å²) in [6, 6.07) is 26.8. The zero-order valence-corrected chi connectivity index (χ0v) is 18.5. The molecule has 134 valence electrons. The van der Waals surface area contributed by atoms with Crippen molar-refractivity contribution in [1.29, 1.82) is 5.26 Å². The zero-order chi connectivity index (χ0) is 19.1. The number of thioether (sulfide) groups is 1. The van der Waals surface area contributed by atoms with Gasteiger partial charge in [-0.05, 0) is 53.1 Å². The summed E-state index contributed by atoms with van der Waals surface area (Å²) in [5, 5.41) is 9.19. The third-order valence-corrected chi connectivity index (χ3v) is 6.39. The number of halogens is 2. The van der Waals surface area contributed by atoms with Crippen LogP contribution in [0.25, 0.3) is 6.08 Å². The minimum Gasteiger partial charge on any atom is -0.192 e. The fourth-order valence-electron chi connectivity index (χ4n) is 2.55. The average Bonchev–Trinajstić information content (AvgIpc) is 2.70. The van der Waals surface area contributed by atoms with Gasteiger partial charge >= 0.3 is 0 Å². The van der Waals surface area contributed by atoms with Crippen LogP contribution in [-0.4, -0.2) is 0 Å². The number of rotatable bonds is 6. The summed E-state index contributed by atoms with van der Waals surface area (Å²) in [4.78, 5) is 0. The molecule has 0 aromatic heterocycles. The molecule has 0 N–H and O–H groups in total. The molecule has 3 rings (SSSR count). The largest absolute Gasteiger partial charge is 0.192 e. The molecule has 4 heteroatoms. The van der Waals surface area contributed by atoms with Crippen LogP contribution in [0.2, 0.25) is 0 Å². The second-order valence-corrected chi connectivity index (χ2v) is 8.96. The van der Waals surface area contributed by atoms with E-state index < -0.39 is 0 Å². The van der Waals surface area contributed by atoms with E-state index in [0.29, 0.717) is 5.56 Å². The summed E-state index contributed by atoms with van der Waals surface area (Å²) in [7, 11) is 0. The van der Waals surface area contributed by atoms with Gasteiger partial charge in [0.15, 0.2) is 0 Å². The summed E-state index contributed by atoms with van der Waals surface area (Å²) in [6.45, 7) is 0. The van der Waals surface area contributed by atoms with Gasteiger partial charge in [0.2, 0.25) is 0 Å². The van der Waals surface area contributed by atoms with E-state index in [1.165, 1.54) is 16.7 Å². The Kier molecular flexibility index (Phi) is 7.34. The molecular weight excluding hydrogens is 482 g/mol. The molecule has 0 fully saturated rings. The summed E-state index contributed by atoms with van der Waals surface area (Å²) in [5.41, 5.74) is 4.37. The Labute approximate surface area is 181 Å². The normalized spacial score (nSPS) is 12.0. The van der Waals surface area contributed by atoms with E-state index in [0.717, 1.165) is 14.7 Å². The van der Waals surface area contributed by atoms with Crippen molar-refractivity contribution in [3.63, 3.8) is 0 Å². The first-order valence-electron chi connectivity index (χ1n) is 8.44. The van der Waals surface area contributed by atoms with E-state index in [2.05, 4.69) is 98.6 Å².